The van der Waals surface area contributed by atoms with Gasteiger partial charge in [0.15, 0.2) is 0 Å². The van der Waals surface area contributed by atoms with Gasteiger partial charge in [-0.25, -0.2) is 0 Å². The fourth-order valence-corrected chi connectivity index (χ4v) is 3.53. The predicted molar refractivity (Wildman–Crippen MR) is 116 cm³/mol. The van der Waals surface area contributed by atoms with E-state index in [1.54, 1.807) is 0 Å². The Kier molecular flexibility index (Phi) is 7.78. The molecule has 3 heteroatoms. The third-order valence-electron chi connectivity index (χ3n) is 5.13. The summed E-state index contributed by atoms with van der Waals surface area (Å²) in [6.07, 6.45) is 0.961. The van der Waals surface area contributed by atoms with Gasteiger partial charge in [-0.05, 0) is 35.3 Å². The number of nitrogens with zero attached hydrogens (tertiary/aromatic N) is 1. The van der Waals surface area contributed by atoms with Crippen molar-refractivity contribution >= 4 is 11.1 Å². The van der Waals surface area contributed by atoms with Gasteiger partial charge < -0.3 is 4.74 Å². The van der Waals surface area contributed by atoms with Crippen molar-refractivity contribution in [3.05, 3.63) is 102 Å². The standard InChI is InChI=1S/C26H26NO.Li/c1-2-25(21-9-5-3-6-10-21)26(22-11-7-4-8-12-22)23-13-15-24(16-14-23)28-20-19-27-17-18-27;/h3-7,9-16H,2,17-20H2,1H3;/q-1;+1/b26-25-;. The molecule has 1 aliphatic heterocycles. The molecule has 3 aromatic rings. The molecule has 29 heavy (non-hydrogen) atoms. The summed E-state index contributed by atoms with van der Waals surface area (Å²) in [5.41, 5.74) is 6.27. The van der Waals surface area contributed by atoms with Crippen molar-refractivity contribution in [1.82, 2.24) is 4.90 Å². The Morgan fingerprint density at radius 3 is 2.24 bits per heavy atom. The van der Waals surface area contributed by atoms with Gasteiger partial charge in [-0.2, -0.15) is 30.3 Å². The van der Waals surface area contributed by atoms with Gasteiger partial charge in [-0.3, -0.25) is 4.90 Å². The molecule has 4 rings (SSSR count). The minimum absolute atomic E-state index is 0. The summed E-state index contributed by atoms with van der Waals surface area (Å²) in [5.74, 6) is 0.933. The SMILES string of the molecule is CC/C(=C(\c1c[c-]ccc1)c1ccc(OCCN2CC2)cc1)c1ccccc1.[Li+]. The van der Waals surface area contributed by atoms with Crippen molar-refractivity contribution in [2.24, 2.45) is 0 Å². The molecule has 0 bridgehead atoms. The Hall–Kier alpha value is -2.24. The molecule has 0 spiro atoms. The Balaban J connectivity index is 0.00000240. The topological polar surface area (TPSA) is 12.2 Å². The van der Waals surface area contributed by atoms with E-state index in [0.29, 0.717) is 0 Å². The molecule has 0 radical (unpaired) electrons. The first-order chi connectivity index (χ1) is 13.8. The number of hydrogen-bond donors (Lipinski definition) is 0. The summed E-state index contributed by atoms with van der Waals surface area (Å²) >= 11 is 0. The van der Waals surface area contributed by atoms with Crippen LogP contribution in [0.3, 0.4) is 0 Å². The summed E-state index contributed by atoms with van der Waals surface area (Å²) in [5, 5.41) is 0. The Morgan fingerprint density at radius 2 is 1.62 bits per heavy atom. The van der Waals surface area contributed by atoms with E-state index in [4.69, 9.17) is 4.74 Å². The van der Waals surface area contributed by atoms with Gasteiger partial charge in [-0.1, -0.05) is 55.0 Å². The first-order valence-corrected chi connectivity index (χ1v) is 10.1. The van der Waals surface area contributed by atoms with E-state index in [0.717, 1.165) is 25.3 Å². The van der Waals surface area contributed by atoms with Gasteiger partial charge in [0, 0.05) is 19.6 Å². The van der Waals surface area contributed by atoms with Gasteiger partial charge in [0.2, 0.25) is 0 Å². The van der Waals surface area contributed by atoms with Crippen molar-refractivity contribution in [3.8, 4) is 5.75 Å². The van der Waals surface area contributed by atoms with Crippen LogP contribution in [0.15, 0.2) is 78.9 Å². The minimum Gasteiger partial charge on any atom is -0.492 e. The average Bonchev–Trinajstić information content (AvgIpc) is 3.58. The molecule has 0 aromatic heterocycles. The first-order valence-electron chi connectivity index (χ1n) is 10.1. The quantitative estimate of drug-likeness (QED) is 0.260. The molecule has 3 aromatic carbocycles. The monoisotopic (exact) mass is 375 g/mol. The van der Waals surface area contributed by atoms with Gasteiger partial charge in [0.1, 0.15) is 12.4 Å². The molecule has 0 aliphatic carbocycles. The van der Waals surface area contributed by atoms with Gasteiger partial charge in [0.25, 0.3) is 0 Å². The van der Waals surface area contributed by atoms with E-state index in [2.05, 4.69) is 90.7 Å². The van der Waals surface area contributed by atoms with Gasteiger partial charge >= 0.3 is 18.9 Å². The third kappa shape index (κ3) is 5.64. The zero-order valence-corrected chi connectivity index (χ0v) is 17.4. The molecule has 0 N–H and O–H groups in total. The third-order valence-corrected chi connectivity index (χ3v) is 5.13. The van der Waals surface area contributed by atoms with Crippen LogP contribution in [0.1, 0.15) is 30.0 Å². The molecule has 0 saturated carbocycles. The fourth-order valence-electron chi connectivity index (χ4n) is 3.53. The van der Waals surface area contributed by atoms with Crippen LogP contribution in [0.5, 0.6) is 5.75 Å². The molecule has 1 heterocycles. The second-order valence-electron chi connectivity index (χ2n) is 7.08. The first kappa shape index (κ1) is 21.5. The molecule has 1 fully saturated rings. The Labute approximate surface area is 186 Å². The van der Waals surface area contributed by atoms with Crippen LogP contribution in [-0.2, 0) is 0 Å². The van der Waals surface area contributed by atoms with Crippen molar-refractivity contribution in [3.63, 3.8) is 0 Å². The summed E-state index contributed by atoms with van der Waals surface area (Å²) in [7, 11) is 0. The number of allylic oxidation sites excluding steroid dienone is 1. The maximum absolute atomic E-state index is 5.90. The van der Waals surface area contributed by atoms with Crippen LogP contribution in [0, 0.1) is 6.07 Å². The maximum Gasteiger partial charge on any atom is 1.00 e. The maximum atomic E-state index is 5.90. The minimum atomic E-state index is 0. The van der Waals surface area contributed by atoms with Crippen molar-refractivity contribution in [1.29, 1.82) is 0 Å². The van der Waals surface area contributed by atoms with Crippen molar-refractivity contribution in [2.75, 3.05) is 26.2 Å². The molecular weight excluding hydrogens is 349 g/mol. The van der Waals surface area contributed by atoms with Crippen LogP contribution in [0.2, 0.25) is 0 Å². The summed E-state index contributed by atoms with van der Waals surface area (Å²) in [6, 6.07) is 30.6. The predicted octanol–water partition coefficient (Wildman–Crippen LogP) is 2.55. The largest absolute Gasteiger partial charge is 1.00 e. The van der Waals surface area contributed by atoms with Crippen LogP contribution < -0.4 is 23.6 Å². The molecule has 1 aliphatic rings. The van der Waals surface area contributed by atoms with Crippen LogP contribution in [0.4, 0.5) is 0 Å². The summed E-state index contributed by atoms with van der Waals surface area (Å²) in [4.78, 5) is 2.37. The zero-order valence-electron chi connectivity index (χ0n) is 17.4. The molecule has 142 valence electrons. The fraction of sp³-hybridized carbons (Fsp3) is 0.231. The molecule has 0 atom stereocenters. The molecule has 2 nitrogen and oxygen atoms in total. The average molecular weight is 375 g/mol. The van der Waals surface area contributed by atoms with Crippen LogP contribution >= 0.6 is 0 Å². The van der Waals surface area contributed by atoms with E-state index in [-0.39, 0.29) is 18.9 Å². The smallest absolute Gasteiger partial charge is 0.492 e. The normalized spacial score (nSPS) is 14.0. The number of benzene rings is 3. The van der Waals surface area contributed by atoms with E-state index in [1.165, 1.54) is 40.9 Å². The number of ether oxygens (including phenoxy) is 1. The second-order valence-corrected chi connectivity index (χ2v) is 7.08. The molecular formula is C26H26LiNO. The molecule has 0 amide bonds. The summed E-state index contributed by atoms with van der Waals surface area (Å²) < 4.78 is 5.90. The van der Waals surface area contributed by atoms with Gasteiger partial charge in [0.05, 0.1) is 0 Å². The number of rotatable bonds is 8. The summed E-state index contributed by atoms with van der Waals surface area (Å²) in [6.45, 7) is 6.41. The van der Waals surface area contributed by atoms with E-state index < -0.39 is 0 Å². The van der Waals surface area contributed by atoms with Crippen LogP contribution in [0.25, 0.3) is 11.1 Å². The zero-order chi connectivity index (χ0) is 19.2. The molecule has 1 saturated heterocycles. The number of hydrogen-bond acceptors (Lipinski definition) is 2. The van der Waals surface area contributed by atoms with Gasteiger partial charge in [-0.15, -0.1) is 5.56 Å². The van der Waals surface area contributed by atoms with E-state index in [9.17, 15) is 0 Å². The Bertz CT molecular complexity index is 916. The second kappa shape index (κ2) is 10.5. The van der Waals surface area contributed by atoms with E-state index >= 15 is 0 Å². The molecule has 0 unspecified atom stereocenters. The van der Waals surface area contributed by atoms with Crippen molar-refractivity contribution < 1.29 is 23.6 Å². The van der Waals surface area contributed by atoms with E-state index in [1.807, 2.05) is 6.07 Å². The van der Waals surface area contributed by atoms with Crippen LogP contribution in [-0.4, -0.2) is 31.1 Å². The van der Waals surface area contributed by atoms with Crippen molar-refractivity contribution in [2.45, 2.75) is 13.3 Å². The Morgan fingerprint density at radius 1 is 0.897 bits per heavy atom.